The molecule has 2 unspecified atom stereocenters. The highest BCUT2D eigenvalue weighted by Gasteiger charge is 2.28. The largest absolute Gasteiger partial charge is 0.325 e. The number of H-pyrrole nitrogens is 1. The molecule has 0 aliphatic heterocycles. The van der Waals surface area contributed by atoms with Crippen LogP contribution in [0.3, 0.4) is 0 Å². The molecule has 1 heterocycles. The van der Waals surface area contributed by atoms with Crippen LogP contribution in [0, 0.1) is 5.92 Å². The topological polar surface area (TPSA) is 70.2 Å². The fourth-order valence-corrected chi connectivity index (χ4v) is 4.91. The van der Waals surface area contributed by atoms with Gasteiger partial charge in [0, 0.05) is 17.2 Å². The van der Waals surface area contributed by atoms with E-state index in [0.717, 1.165) is 36.1 Å². The molecule has 2 saturated carbocycles. The smallest absolute Gasteiger partial charge is 0.251 e. The Morgan fingerprint density at radius 1 is 1.04 bits per heavy atom. The number of benzene rings is 1. The molecule has 27 heavy (non-hydrogen) atoms. The van der Waals surface area contributed by atoms with Crippen LogP contribution in [0.1, 0.15) is 79.2 Å². The van der Waals surface area contributed by atoms with Crippen LogP contribution < -0.4 is 5.56 Å². The van der Waals surface area contributed by atoms with Crippen molar-refractivity contribution in [2.45, 2.75) is 62.5 Å². The summed E-state index contributed by atoms with van der Waals surface area (Å²) in [7, 11) is 0. The average Bonchev–Trinajstić information content (AvgIpc) is 3.35. The molecule has 0 spiro atoms. The van der Waals surface area contributed by atoms with Gasteiger partial charge in [-0.05, 0) is 48.3 Å². The summed E-state index contributed by atoms with van der Waals surface area (Å²) < 4.78 is 20.1. The Morgan fingerprint density at radius 3 is 2.33 bits per heavy atom. The molecule has 2 aliphatic carbocycles. The van der Waals surface area contributed by atoms with Crippen LogP contribution >= 0.6 is 0 Å². The van der Waals surface area contributed by atoms with E-state index >= 15 is 0 Å². The van der Waals surface area contributed by atoms with Crippen LogP contribution in [0.15, 0.2) is 41.2 Å². The van der Waals surface area contributed by atoms with Crippen LogP contribution in [0.25, 0.3) is 0 Å². The number of aromatic nitrogens is 1. The molecule has 0 radical (unpaired) electrons. The maximum absolute atomic E-state index is 12.6. The lowest BCUT2D eigenvalue weighted by Gasteiger charge is -2.22. The second kappa shape index (κ2) is 8.11. The summed E-state index contributed by atoms with van der Waals surface area (Å²) in [5.74, 6) is 1.48. The Labute approximate surface area is 162 Å². The first-order valence-electron chi connectivity index (χ1n) is 9.99. The first kappa shape index (κ1) is 18.6. The first-order valence-corrected chi connectivity index (χ1v) is 11.3. The van der Waals surface area contributed by atoms with Gasteiger partial charge < -0.3 is 9.54 Å². The lowest BCUT2D eigenvalue weighted by atomic mass is 9.85. The van der Waals surface area contributed by atoms with E-state index in [2.05, 4.69) is 23.2 Å². The number of aromatic amines is 1. The standard InChI is InChI=1S/C22H27NO3S/c24-22-19(17-9-10-17)11-12-21(23-22)20(13-15-3-1-2-4-15)18-7-5-16(6-8-18)14-27(25)26/h5-8,11-12,15,17,20H,1-4,9-10,13-14H2,(H,23,24)(H,25,26). The third-order valence-electron chi connectivity index (χ3n) is 6.07. The molecular weight excluding hydrogens is 358 g/mol. The monoisotopic (exact) mass is 385 g/mol. The number of rotatable bonds is 7. The molecule has 4 rings (SSSR count). The van der Waals surface area contributed by atoms with Crippen LogP contribution in [0.5, 0.6) is 0 Å². The summed E-state index contributed by atoms with van der Waals surface area (Å²) in [5.41, 5.74) is 4.02. The summed E-state index contributed by atoms with van der Waals surface area (Å²) in [5, 5.41) is 0. The van der Waals surface area contributed by atoms with Crippen molar-refractivity contribution in [2.24, 2.45) is 5.92 Å². The summed E-state index contributed by atoms with van der Waals surface area (Å²) in [4.78, 5) is 15.7. The fraction of sp³-hybridized carbons (Fsp3) is 0.500. The minimum Gasteiger partial charge on any atom is -0.325 e. The molecule has 2 atom stereocenters. The average molecular weight is 386 g/mol. The zero-order valence-electron chi connectivity index (χ0n) is 15.5. The molecule has 0 bridgehead atoms. The maximum Gasteiger partial charge on any atom is 0.251 e. The van der Waals surface area contributed by atoms with Gasteiger partial charge in [0.1, 0.15) is 0 Å². The van der Waals surface area contributed by atoms with Gasteiger partial charge in [-0.25, -0.2) is 4.21 Å². The quantitative estimate of drug-likeness (QED) is 0.680. The van der Waals surface area contributed by atoms with E-state index in [0.29, 0.717) is 11.8 Å². The van der Waals surface area contributed by atoms with Crippen molar-refractivity contribution in [1.29, 1.82) is 0 Å². The van der Waals surface area contributed by atoms with Gasteiger partial charge in [0.15, 0.2) is 11.1 Å². The van der Waals surface area contributed by atoms with Crippen molar-refractivity contribution in [3.8, 4) is 0 Å². The van der Waals surface area contributed by atoms with Gasteiger partial charge in [0.25, 0.3) is 5.56 Å². The van der Waals surface area contributed by atoms with Gasteiger partial charge >= 0.3 is 0 Å². The molecule has 5 heteroatoms. The highest BCUT2D eigenvalue weighted by atomic mass is 32.2. The van der Waals surface area contributed by atoms with E-state index in [1.807, 2.05) is 18.2 Å². The van der Waals surface area contributed by atoms with Gasteiger partial charge in [0.2, 0.25) is 0 Å². The predicted molar refractivity (Wildman–Crippen MR) is 108 cm³/mol. The highest BCUT2D eigenvalue weighted by Crippen LogP contribution is 2.40. The lowest BCUT2D eigenvalue weighted by Crippen LogP contribution is -2.17. The van der Waals surface area contributed by atoms with Crippen LogP contribution in [0.2, 0.25) is 0 Å². The summed E-state index contributed by atoms with van der Waals surface area (Å²) in [6, 6.07) is 12.1. The third kappa shape index (κ3) is 4.58. The van der Waals surface area contributed by atoms with E-state index < -0.39 is 11.1 Å². The Bertz CT molecular complexity index is 864. The van der Waals surface area contributed by atoms with Crippen molar-refractivity contribution >= 4 is 11.1 Å². The van der Waals surface area contributed by atoms with Crippen LogP contribution in [-0.2, 0) is 16.8 Å². The molecular formula is C22H27NO3S. The summed E-state index contributed by atoms with van der Waals surface area (Å²) >= 11 is -1.83. The fourth-order valence-electron chi connectivity index (χ4n) is 4.43. The lowest BCUT2D eigenvalue weighted by molar-refractivity contribution is 0.468. The van der Waals surface area contributed by atoms with Crippen molar-refractivity contribution in [1.82, 2.24) is 4.98 Å². The van der Waals surface area contributed by atoms with Gasteiger partial charge in [-0.3, -0.25) is 4.79 Å². The molecule has 1 aromatic heterocycles. The normalized spacial score (nSPS) is 19.9. The van der Waals surface area contributed by atoms with Crippen molar-refractivity contribution in [3.05, 3.63) is 69.1 Å². The number of nitrogens with one attached hydrogen (secondary N) is 1. The van der Waals surface area contributed by atoms with Crippen molar-refractivity contribution in [3.63, 3.8) is 0 Å². The Hall–Kier alpha value is -1.72. The van der Waals surface area contributed by atoms with E-state index in [-0.39, 0.29) is 17.2 Å². The molecule has 2 fully saturated rings. The van der Waals surface area contributed by atoms with Gasteiger partial charge in [0.05, 0.1) is 5.75 Å². The number of hydrogen-bond donors (Lipinski definition) is 2. The summed E-state index contributed by atoms with van der Waals surface area (Å²) in [6.07, 6.45) is 8.43. The van der Waals surface area contributed by atoms with Gasteiger partial charge in [-0.2, -0.15) is 0 Å². The number of pyridine rings is 1. The summed E-state index contributed by atoms with van der Waals surface area (Å²) in [6.45, 7) is 0. The predicted octanol–water partition coefficient (Wildman–Crippen LogP) is 4.69. The second-order valence-electron chi connectivity index (χ2n) is 8.12. The van der Waals surface area contributed by atoms with E-state index in [9.17, 15) is 9.00 Å². The van der Waals surface area contributed by atoms with E-state index in [1.54, 1.807) is 0 Å². The molecule has 1 aromatic carbocycles. The molecule has 2 aromatic rings. The zero-order chi connectivity index (χ0) is 18.8. The minimum atomic E-state index is -1.83. The molecule has 0 saturated heterocycles. The molecule has 0 amide bonds. The van der Waals surface area contributed by atoms with Crippen molar-refractivity contribution in [2.75, 3.05) is 0 Å². The Kier molecular flexibility index (Phi) is 5.60. The van der Waals surface area contributed by atoms with E-state index in [4.69, 9.17) is 4.55 Å². The zero-order valence-corrected chi connectivity index (χ0v) is 16.3. The first-order chi connectivity index (χ1) is 13.1. The van der Waals surface area contributed by atoms with Crippen LogP contribution in [0.4, 0.5) is 0 Å². The molecule has 2 N–H and O–H groups in total. The molecule has 4 nitrogen and oxygen atoms in total. The van der Waals surface area contributed by atoms with Gasteiger partial charge in [-0.15, -0.1) is 0 Å². The maximum atomic E-state index is 12.6. The second-order valence-corrected chi connectivity index (χ2v) is 9.05. The van der Waals surface area contributed by atoms with E-state index in [1.165, 1.54) is 31.2 Å². The number of hydrogen-bond acceptors (Lipinski definition) is 2. The highest BCUT2D eigenvalue weighted by molar-refractivity contribution is 7.78. The van der Waals surface area contributed by atoms with Crippen molar-refractivity contribution < 1.29 is 8.76 Å². The Morgan fingerprint density at radius 2 is 1.74 bits per heavy atom. The molecule has 2 aliphatic rings. The third-order valence-corrected chi connectivity index (χ3v) is 6.65. The molecule has 144 valence electrons. The minimum absolute atomic E-state index is 0.0683. The van der Waals surface area contributed by atoms with Gasteiger partial charge in [-0.1, -0.05) is 56.0 Å². The SMILES string of the molecule is O=c1[nH]c(C(CC2CCCC2)c2ccc(CS(=O)O)cc2)ccc1C1CC1. The Balaban J connectivity index is 1.62. The van der Waals surface area contributed by atoms with Crippen LogP contribution in [-0.4, -0.2) is 13.7 Å².